The second-order valence-corrected chi connectivity index (χ2v) is 9.25. The highest BCUT2D eigenvalue weighted by atomic mass is 35.5. The van der Waals surface area contributed by atoms with Gasteiger partial charge in [-0.3, -0.25) is 9.59 Å². The Morgan fingerprint density at radius 1 is 1.16 bits per heavy atom. The molecule has 2 aromatic carbocycles. The van der Waals surface area contributed by atoms with Crippen molar-refractivity contribution in [2.75, 3.05) is 6.61 Å². The predicted octanol–water partition coefficient (Wildman–Crippen LogP) is 5.12. The number of amides is 2. The Morgan fingerprint density at radius 2 is 1.88 bits per heavy atom. The molecule has 0 unspecified atom stereocenters. The number of benzene rings is 2. The molecule has 1 fully saturated rings. The lowest BCUT2D eigenvalue weighted by Crippen LogP contribution is -2.50. The minimum atomic E-state index is -0.619. The van der Waals surface area contributed by atoms with Crippen LogP contribution in [0.25, 0.3) is 0 Å². The summed E-state index contributed by atoms with van der Waals surface area (Å²) >= 11 is 6.14. The van der Waals surface area contributed by atoms with E-state index in [0.717, 1.165) is 47.9 Å². The van der Waals surface area contributed by atoms with E-state index in [0.29, 0.717) is 10.8 Å². The fourth-order valence-corrected chi connectivity index (χ4v) is 4.39. The summed E-state index contributed by atoms with van der Waals surface area (Å²) in [6.45, 7) is 7.93. The molecule has 6 heteroatoms. The number of ether oxygens (including phenoxy) is 1. The van der Waals surface area contributed by atoms with Gasteiger partial charge in [0.1, 0.15) is 11.8 Å². The predicted molar refractivity (Wildman–Crippen MR) is 128 cm³/mol. The van der Waals surface area contributed by atoms with Gasteiger partial charge in [0.2, 0.25) is 5.91 Å². The van der Waals surface area contributed by atoms with Crippen LogP contribution in [-0.2, 0) is 16.1 Å². The van der Waals surface area contributed by atoms with Crippen molar-refractivity contribution in [1.82, 2.24) is 10.2 Å². The average molecular weight is 457 g/mol. The molecule has 0 aromatic heterocycles. The quantitative estimate of drug-likeness (QED) is 0.599. The molecule has 1 N–H and O–H groups in total. The highest BCUT2D eigenvalue weighted by Crippen LogP contribution is 2.24. The highest BCUT2D eigenvalue weighted by Gasteiger charge is 2.29. The minimum absolute atomic E-state index is 0.130. The molecule has 5 nitrogen and oxygen atoms in total. The van der Waals surface area contributed by atoms with Crippen LogP contribution in [0.3, 0.4) is 0 Å². The van der Waals surface area contributed by atoms with Gasteiger partial charge in [0.05, 0.1) is 0 Å². The summed E-state index contributed by atoms with van der Waals surface area (Å²) in [6.07, 6.45) is 4.26. The van der Waals surface area contributed by atoms with Crippen LogP contribution in [-0.4, -0.2) is 35.4 Å². The lowest BCUT2D eigenvalue weighted by Gasteiger charge is -2.30. The molecule has 2 aromatic rings. The standard InChI is InChI=1S/C26H33ClN2O3/c1-17-12-18(2)19(3)24(13-17)32-16-25(30)29(15-21-8-7-9-22(27)14-21)20(4)26(31)28-23-10-5-6-11-23/h7-9,12-14,20,23H,5-6,10-11,15-16H2,1-4H3,(H,28,31)/t20-/m1/s1. The van der Waals surface area contributed by atoms with Gasteiger partial charge in [-0.25, -0.2) is 0 Å². The molecule has 1 aliphatic carbocycles. The topological polar surface area (TPSA) is 58.6 Å². The Balaban J connectivity index is 1.75. The first-order valence-electron chi connectivity index (χ1n) is 11.3. The number of aryl methyl sites for hydroxylation is 2. The first-order valence-corrected chi connectivity index (χ1v) is 11.7. The zero-order chi connectivity index (χ0) is 23.3. The van der Waals surface area contributed by atoms with Crippen LogP contribution in [0, 0.1) is 20.8 Å². The zero-order valence-corrected chi connectivity index (χ0v) is 20.2. The van der Waals surface area contributed by atoms with Gasteiger partial charge in [0, 0.05) is 17.6 Å². The van der Waals surface area contributed by atoms with Crippen LogP contribution < -0.4 is 10.1 Å². The minimum Gasteiger partial charge on any atom is -0.483 e. The molecule has 1 atom stereocenters. The lowest BCUT2D eigenvalue weighted by atomic mass is 10.1. The molecule has 3 rings (SSSR count). The number of carbonyl (C=O) groups excluding carboxylic acids is 2. The number of carbonyl (C=O) groups is 2. The van der Waals surface area contributed by atoms with E-state index in [1.165, 1.54) is 0 Å². The average Bonchev–Trinajstić information content (AvgIpc) is 3.26. The van der Waals surface area contributed by atoms with Crippen LogP contribution in [0.4, 0.5) is 0 Å². The van der Waals surface area contributed by atoms with Crippen LogP contribution in [0.15, 0.2) is 36.4 Å². The van der Waals surface area contributed by atoms with Gasteiger partial charge in [-0.1, -0.05) is 42.6 Å². The third-order valence-corrected chi connectivity index (χ3v) is 6.46. The smallest absolute Gasteiger partial charge is 0.261 e. The maximum atomic E-state index is 13.3. The van der Waals surface area contributed by atoms with E-state index in [1.807, 2.05) is 45.0 Å². The summed E-state index contributed by atoms with van der Waals surface area (Å²) in [7, 11) is 0. The largest absolute Gasteiger partial charge is 0.483 e. The van der Waals surface area contributed by atoms with Gasteiger partial charge < -0.3 is 15.0 Å². The van der Waals surface area contributed by atoms with Crippen LogP contribution in [0.1, 0.15) is 54.9 Å². The molecule has 0 spiro atoms. The Hall–Kier alpha value is -2.53. The summed E-state index contributed by atoms with van der Waals surface area (Å²) in [6, 6.07) is 11.0. The van der Waals surface area contributed by atoms with E-state index in [-0.39, 0.29) is 31.0 Å². The van der Waals surface area contributed by atoms with Crippen molar-refractivity contribution in [3.63, 3.8) is 0 Å². The number of nitrogens with one attached hydrogen (secondary N) is 1. The zero-order valence-electron chi connectivity index (χ0n) is 19.4. The van der Waals surface area contributed by atoms with Crippen molar-refractivity contribution in [2.45, 2.75) is 72.0 Å². The Bertz CT molecular complexity index is 970. The van der Waals surface area contributed by atoms with E-state index in [2.05, 4.69) is 11.4 Å². The molecule has 0 heterocycles. The number of halogens is 1. The van der Waals surface area contributed by atoms with Gasteiger partial charge in [-0.15, -0.1) is 0 Å². The molecule has 1 aliphatic rings. The van der Waals surface area contributed by atoms with Crippen molar-refractivity contribution in [2.24, 2.45) is 0 Å². The van der Waals surface area contributed by atoms with Gasteiger partial charge in [-0.2, -0.15) is 0 Å². The Labute approximate surface area is 196 Å². The fourth-order valence-electron chi connectivity index (χ4n) is 4.18. The summed E-state index contributed by atoms with van der Waals surface area (Å²) in [5, 5.41) is 3.71. The van der Waals surface area contributed by atoms with Gasteiger partial charge in [-0.05, 0) is 81.0 Å². The number of rotatable bonds is 8. The number of hydrogen-bond acceptors (Lipinski definition) is 3. The third kappa shape index (κ3) is 6.26. The molecular weight excluding hydrogens is 424 g/mol. The molecule has 32 heavy (non-hydrogen) atoms. The Morgan fingerprint density at radius 3 is 2.56 bits per heavy atom. The SMILES string of the molecule is Cc1cc(C)c(C)c(OCC(=O)N(Cc2cccc(Cl)c2)[C@H](C)C(=O)NC2CCCC2)c1. The molecular formula is C26H33ClN2O3. The second-order valence-electron chi connectivity index (χ2n) is 8.81. The van der Waals surface area contributed by atoms with Crippen molar-refractivity contribution >= 4 is 23.4 Å². The molecule has 0 bridgehead atoms. The maximum absolute atomic E-state index is 13.3. The Kier molecular flexibility index (Phi) is 8.19. The summed E-state index contributed by atoms with van der Waals surface area (Å²) in [5.41, 5.74) is 4.08. The number of hydrogen-bond donors (Lipinski definition) is 1. The van der Waals surface area contributed by atoms with Crippen molar-refractivity contribution < 1.29 is 14.3 Å². The van der Waals surface area contributed by atoms with E-state index in [4.69, 9.17) is 16.3 Å². The summed E-state index contributed by atoms with van der Waals surface area (Å²) in [5.74, 6) is 0.328. The lowest BCUT2D eigenvalue weighted by molar-refractivity contribution is -0.142. The van der Waals surface area contributed by atoms with Gasteiger partial charge in [0.25, 0.3) is 5.91 Å². The maximum Gasteiger partial charge on any atom is 0.261 e. The van der Waals surface area contributed by atoms with E-state index < -0.39 is 6.04 Å². The molecule has 0 aliphatic heterocycles. The summed E-state index contributed by atoms with van der Waals surface area (Å²) in [4.78, 5) is 27.8. The van der Waals surface area contributed by atoms with Gasteiger partial charge >= 0.3 is 0 Å². The van der Waals surface area contributed by atoms with Crippen molar-refractivity contribution in [3.05, 3.63) is 63.7 Å². The molecule has 0 saturated heterocycles. The first-order chi connectivity index (χ1) is 15.2. The summed E-state index contributed by atoms with van der Waals surface area (Å²) < 4.78 is 5.92. The van der Waals surface area contributed by atoms with Gasteiger partial charge in [0.15, 0.2) is 6.61 Å². The van der Waals surface area contributed by atoms with E-state index in [9.17, 15) is 9.59 Å². The normalized spacial score (nSPS) is 14.8. The molecule has 1 saturated carbocycles. The first kappa shape index (κ1) is 24.1. The van der Waals surface area contributed by atoms with Crippen molar-refractivity contribution in [1.29, 1.82) is 0 Å². The monoisotopic (exact) mass is 456 g/mol. The van der Waals surface area contributed by atoms with E-state index in [1.54, 1.807) is 17.9 Å². The third-order valence-electron chi connectivity index (χ3n) is 6.23. The molecule has 2 amide bonds. The second kappa shape index (κ2) is 10.9. The number of nitrogens with zero attached hydrogens (tertiary/aromatic N) is 1. The van der Waals surface area contributed by atoms with Crippen LogP contribution in [0.2, 0.25) is 5.02 Å². The van der Waals surface area contributed by atoms with Crippen LogP contribution >= 0.6 is 11.6 Å². The molecule has 0 radical (unpaired) electrons. The highest BCUT2D eigenvalue weighted by molar-refractivity contribution is 6.30. The molecule has 172 valence electrons. The fraction of sp³-hybridized carbons (Fsp3) is 0.462. The van der Waals surface area contributed by atoms with Crippen molar-refractivity contribution in [3.8, 4) is 5.75 Å². The van der Waals surface area contributed by atoms with E-state index >= 15 is 0 Å². The van der Waals surface area contributed by atoms with Crippen LogP contribution in [0.5, 0.6) is 5.75 Å².